The molecule has 0 bridgehead atoms. The predicted molar refractivity (Wildman–Crippen MR) is 134 cm³/mol. The van der Waals surface area contributed by atoms with Crippen molar-refractivity contribution in [3.63, 3.8) is 0 Å². The number of amides is 2. The molecule has 0 saturated carbocycles. The topological polar surface area (TPSA) is 105 Å². The minimum absolute atomic E-state index is 0.00487. The summed E-state index contributed by atoms with van der Waals surface area (Å²) in [4.78, 5) is 37.2. The van der Waals surface area contributed by atoms with Crippen molar-refractivity contribution < 1.29 is 24.2 Å². The Kier molecular flexibility index (Phi) is 7.15. The fourth-order valence-corrected chi connectivity index (χ4v) is 4.50. The molecule has 0 spiro atoms. The average Bonchev–Trinajstić information content (AvgIpc) is 3.17. The third-order valence-electron chi connectivity index (χ3n) is 6.19. The number of fused-ring (bicyclic) bond motifs is 3. The Morgan fingerprint density at radius 2 is 1.60 bits per heavy atom. The van der Waals surface area contributed by atoms with Crippen LogP contribution >= 0.6 is 0 Å². The van der Waals surface area contributed by atoms with Crippen LogP contribution in [0.1, 0.15) is 52.7 Å². The molecule has 0 heterocycles. The lowest BCUT2D eigenvalue weighted by molar-refractivity contribution is -0.118. The van der Waals surface area contributed by atoms with Crippen molar-refractivity contribution in [1.29, 1.82) is 0 Å². The minimum Gasteiger partial charge on any atom is -0.478 e. The highest BCUT2D eigenvalue weighted by Gasteiger charge is 2.30. The molecule has 0 aliphatic heterocycles. The average molecular weight is 473 g/mol. The number of aromatic carboxylic acids is 1. The SMILES string of the molecule is CCC[C@H](NC(=O)OCC1c2ccccc2-c2ccccc21)C(=O)Nc1ccc(C)cc1C(=O)O. The smallest absolute Gasteiger partial charge is 0.407 e. The number of aryl methyl sites for hydroxylation is 1. The predicted octanol–water partition coefficient (Wildman–Crippen LogP) is 5.34. The van der Waals surface area contributed by atoms with Crippen molar-refractivity contribution in [3.05, 3.63) is 89.0 Å². The van der Waals surface area contributed by atoms with Crippen LogP contribution in [-0.2, 0) is 9.53 Å². The number of carboxylic acids is 1. The zero-order chi connectivity index (χ0) is 24.9. The van der Waals surface area contributed by atoms with Crippen LogP contribution in [0.2, 0.25) is 0 Å². The van der Waals surface area contributed by atoms with E-state index in [1.807, 2.05) is 43.3 Å². The Labute approximate surface area is 204 Å². The lowest BCUT2D eigenvalue weighted by atomic mass is 9.98. The lowest BCUT2D eigenvalue weighted by Crippen LogP contribution is -2.44. The summed E-state index contributed by atoms with van der Waals surface area (Å²) in [6.45, 7) is 3.81. The molecule has 3 aromatic rings. The van der Waals surface area contributed by atoms with Crippen LogP contribution in [0.15, 0.2) is 66.7 Å². The van der Waals surface area contributed by atoms with Crippen molar-refractivity contribution in [1.82, 2.24) is 5.32 Å². The lowest BCUT2D eigenvalue weighted by Gasteiger charge is -2.20. The van der Waals surface area contributed by atoms with Crippen molar-refractivity contribution in [2.24, 2.45) is 0 Å². The molecule has 4 rings (SSSR count). The summed E-state index contributed by atoms with van der Waals surface area (Å²) in [5.74, 6) is -1.72. The number of alkyl carbamates (subject to hydrolysis) is 1. The van der Waals surface area contributed by atoms with Crippen molar-refractivity contribution in [2.75, 3.05) is 11.9 Å². The molecule has 0 saturated heterocycles. The second-order valence-electron chi connectivity index (χ2n) is 8.65. The van der Waals surface area contributed by atoms with E-state index in [1.54, 1.807) is 19.1 Å². The van der Waals surface area contributed by atoms with Gasteiger partial charge >= 0.3 is 12.1 Å². The van der Waals surface area contributed by atoms with E-state index in [-0.39, 0.29) is 23.8 Å². The van der Waals surface area contributed by atoms with E-state index in [0.29, 0.717) is 12.8 Å². The van der Waals surface area contributed by atoms with Gasteiger partial charge in [-0.15, -0.1) is 0 Å². The van der Waals surface area contributed by atoms with Gasteiger partial charge in [0.25, 0.3) is 0 Å². The van der Waals surface area contributed by atoms with Crippen LogP contribution in [0.3, 0.4) is 0 Å². The minimum atomic E-state index is -1.14. The van der Waals surface area contributed by atoms with E-state index in [4.69, 9.17) is 4.74 Å². The number of hydrogen-bond acceptors (Lipinski definition) is 4. The van der Waals surface area contributed by atoms with Crippen molar-refractivity contribution >= 4 is 23.7 Å². The Balaban J connectivity index is 1.43. The molecule has 3 aromatic carbocycles. The van der Waals surface area contributed by atoms with E-state index in [2.05, 4.69) is 22.8 Å². The van der Waals surface area contributed by atoms with Gasteiger partial charge in [-0.2, -0.15) is 0 Å². The molecular weight excluding hydrogens is 444 g/mol. The van der Waals surface area contributed by atoms with Gasteiger partial charge in [-0.05, 0) is 47.7 Å². The maximum absolute atomic E-state index is 12.9. The first-order valence-electron chi connectivity index (χ1n) is 11.6. The second-order valence-corrected chi connectivity index (χ2v) is 8.65. The number of carbonyl (C=O) groups excluding carboxylic acids is 2. The highest BCUT2D eigenvalue weighted by Crippen LogP contribution is 2.44. The van der Waals surface area contributed by atoms with Gasteiger partial charge in [0.15, 0.2) is 0 Å². The first kappa shape index (κ1) is 24.0. The highest BCUT2D eigenvalue weighted by molar-refractivity contribution is 6.03. The molecule has 3 N–H and O–H groups in total. The quantitative estimate of drug-likeness (QED) is 0.411. The van der Waals surface area contributed by atoms with Crippen LogP contribution in [0.5, 0.6) is 0 Å². The summed E-state index contributed by atoms with van der Waals surface area (Å²) < 4.78 is 5.57. The van der Waals surface area contributed by atoms with E-state index in [0.717, 1.165) is 27.8 Å². The molecule has 0 fully saturated rings. The van der Waals surface area contributed by atoms with Crippen LogP contribution in [0, 0.1) is 6.92 Å². The summed E-state index contributed by atoms with van der Waals surface area (Å²) in [6.07, 6.45) is 0.328. The van der Waals surface area contributed by atoms with Crippen LogP contribution in [0.4, 0.5) is 10.5 Å². The molecule has 0 radical (unpaired) electrons. The largest absolute Gasteiger partial charge is 0.478 e. The summed E-state index contributed by atoms with van der Waals surface area (Å²) in [5, 5.41) is 14.8. The first-order chi connectivity index (χ1) is 16.9. The van der Waals surface area contributed by atoms with Crippen molar-refractivity contribution in [3.8, 4) is 11.1 Å². The molecule has 1 aliphatic carbocycles. The number of anilines is 1. The summed E-state index contributed by atoms with van der Waals surface area (Å²) >= 11 is 0. The molecule has 180 valence electrons. The third-order valence-corrected chi connectivity index (χ3v) is 6.19. The monoisotopic (exact) mass is 472 g/mol. The molecule has 35 heavy (non-hydrogen) atoms. The molecule has 2 amide bonds. The van der Waals surface area contributed by atoms with Crippen LogP contribution in [0.25, 0.3) is 11.1 Å². The number of nitrogens with one attached hydrogen (secondary N) is 2. The zero-order valence-corrected chi connectivity index (χ0v) is 19.7. The van der Waals surface area contributed by atoms with E-state index in [9.17, 15) is 19.5 Å². The number of ether oxygens (including phenoxy) is 1. The van der Waals surface area contributed by atoms with Crippen molar-refractivity contribution in [2.45, 2.75) is 38.6 Å². The number of hydrogen-bond donors (Lipinski definition) is 3. The van der Waals surface area contributed by atoms with Gasteiger partial charge in [-0.1, -0.05) is 73.5 Å². The van der Waals surface area contributed by atoms with Gasteiger partial charge in [0, 0.05) is 5.92 Å². The number of carbonyl (C=O) groups is 3. The maximum Gasteiger partial charge on any atom is 0.407 e. The standard InChI is InChI=1S/C28H28N2O5/c1-3-8-25(26(31)29-24-14-13-17(2)15-22(24)27(32)33)30-28(34)35-16-23-20-11-6-4-9-18(20)19-10-5-7-12-21(19)23/h4-7,9-15,23,25H,3,8,16H2,1-2H3,(H,29,31)(H,30,34)(H,32,33)/t25-/m0/s1. The van der Waals surface area contributed by atoms with E-state index >= 15 is 0 Å². The second kappa shape index (κ2) is 10.4. The molecule has 1 atom stereocenters. The van der Waals surface area contributed by atoms with Gasteiger partial charge in [-0.3, -0.25) is 4.79 Å². The molecule has 7 nitrogen and oxygen atoms in total. The summed E-state index contributed by atoms with van der Waals surface area (Å²) in [5.41, 5.74) is 5.41. The Morgan fingerprint density at radius 3 is 2.20 bits per heavy atom. The first-order valence-corrected chi connectivity index (χ1v) is 11.6. The molecule has 0 aromatic heterocycles. The zero-order valence-electron chi connectivity index (χ0n) is 19.7. The maximum atomic E-state index is 12.9. The van der Waals surface area contributed by atoms with Gasteiger partial charge in [0.05, 0.1) is 11.3 Å². The van der Waals surface area contributed by atoms with E-state index < -0.39 is 24.0 Å². The molecule has 0 unspecified atom stereocenters. The van der Waals surface area contributed by atoms with Crippen LogP contribution in [-0.4, -0.2) is 35.7 Å². The van der Waals surface area contributed by atoms with Gasteiger partial charge in [-0.25, -0.2) is 9.59 Å². The third kappa shape index (κ3) is 5.19. The van der Waals surface area contributed by atoms with Crippen LogP contribution < -0.4 is 10.6 Å². The Bertz CT molecular complexity index is 1220. The summed E-state index contributed by atoms with van der Waals surface area (Å²) in [7, 11) is 0. The van der Waals surface area contributed by atoms with E-state index in [1.165, 1.54) is 6.07 Å². The number of benzene rings is 3. The van der Waals surface area contributed by atoms with Gasteiger partial charge in [0.1, 0.15) is 12.6 Å². The number of rotatable bonds is 8. The Hall–Kier alpha value is -4.13. The highest BCUT2D eigenvalue weighted by atomic mass is 16.5. The molecule has 1 aliphatic rings. The molecular formula is C28H28N2O5. The summed E-state index contributed by atoms with van der Waals surface area (Å²) in [6, 6.07) is 20.0. The van der Waals surface area contributed by atoms with Gasteiger partial charge < -0.3 is 20.5 Å². The fourth-order valence-electron chi connectivity index (χ4n) is 4.50. The fraction of sp³-hybridized carbons (Fsp3) is 0.250. The van der Waals surface area contributed by atoms with Gasteiger partial charge in [0.2, 0.25) is 5.91 Å². The normalized spacial score (nSPS) is 12.9. The number of carboxylic acid groups (broad SMARTS) is 1. The Morgan fingerprint density at radius 1 is 0.971 bits per heavy atom. The molecule has 7 heteroatoms.